The molecule has 2 aromatic rings. The Morgan fingerprint density at radius 2 is 2.07 bits per heavy atom. The van der Waals surface area contributed by atoms with Gasteiger partial charge in [0.05, 0.1) is 23.8 Å². The number of anilines is 1. The maximum atomic E-state index is 5.17. The second-order valence-electron chi connectivity index (χ2n) is 6.69. The number of guanidine groups is 1. The Labute approximate surface area is 165 Å². The smallest absolute Gasteiger partial charge is 0.194 e. The average molecular weight is 391 g/mol. The summed E-state index contributed by atoms with van der Waals surface area (Å²) in [6.45, 7) is 10.4. The molecule has 1 aliphatic heterocycles. The molecule has 0 saturated carbocycles. The van der Waals surface area contributed by atoms with E-state index in [2.05, 4.69) is 56.6 Å². The third kappa shape index (κ3) is 4.62. The predicted molar refractivity (Wildman–Crippen MR) is 112 cm³/mol. The molecular weight excluding hydrogens is 360 g/mol. The number of rotatable bonds is 6. The molecule has 1 N–H and O–H groups in total. The normalized spacial score (nSPS) is 15.5. The number of aromatic nitrogens is 2. The van der Waals surface area contributed by atoms with Gasteiger partial charge in [0.1, 0.15) is 0 Å². The van der Waals surface area contributed by atoms with E-state index in [9.17, 15) is 0 Å². The summed E-state index contributed by atoms with van der Waals surface area (Å²) < 4.78 is 7.20. The molecule has 0 radical (unpaired) electrons. The molecule has 3 rings (SSSR count). The zero-order chi connectivity index (χ0) is 19.2. The van der Waals surface area contributed by atoms with Crippen molar-refractivity contribution in [1.29, 1.82) is 0 Å². The van der Waals surface area contributed by atoms with E-state index in [1.165, 1.54) is 16.3 Å². The van der Waals surface area contributed by atoms with Crippen LogP contribution in [-0.4, -0.2) is 67.6 Å². The second-order valence-corrected chi connectivity index (χ2v) is 7.62. The Bertz CT molecular complexity index is 747. The van der Waals surface area contributed by atoms with Crippen molar-refractivity contribution in [3.05, 3.63) is 34.5 Å². The zero-order valence-corrected chi connectivity index (χ0v) is 17.6. The number of ether oxygens (including phenoxy) is 1. The van der Waals surface area contributed by atoms with Crippen molar-refractivity contribution in [3.63, 3.8) is 0 Å². The van der Waals surface area contributed by atoms with Crippen molar-refractivity contribution in [2.45, 2.75) is 26.9 Å². The van der Waals surface area contributed by atoms with Crippen molar-refractivity contribution in [1.82, 2.24) is 20.0 Å². The van der Waals surface area contributed by atoms with Gasteiger partial charge in [0, 0.05) is 58.1 Å². The Hall–Kier alpha value is -2.06. The molecule has 1 saturated heterocycles. The van der Waals surface area contributed by atoms with Crippen LogP contribution < -0.4 is 10.2 Å². The van der Waals surface area contributed by atoms with Crippen molar-refractivity contribution < 1.29 is 4.74 Å². The molecule has 0 atom stereocenters. The zero-order valence-electron chi connectivity index (χ0n) is 16.7. The summed E-state index contributed by atoms with van der Waals surface area (Å²) in [5.74, 6) is 0.962. The predicted octanol–water partition coefficient (Wildman–Crippen LogP) is 2.11. The molecule has 1 fully saturated rings. The number of methoxy groups -OCH3 is 1. The molecule has 0 amide bonds. The maximum Gasteiger partial charge on any atom is 0.194 e. The highest BCUT2D eigenvalue weighted by atomic mass is 32.1. The van der Waals surface area contributed by atoms with Gasteiger partial charge in [-0.25, -0.2) is 0 Å². The van der Waals surface area contributed by atoms with Crippen LogP contribution >= 0.6 is 11.3 Å². The first-order valence-electron chi connectivity index (χ1n) is 9.40. The topological polar surface area (TPSA) is 57.9 Å². The molecule has 27 heavy (non-hydrogen) atoms. The van der Waals surface area contributed by atoms with Crippen LogP contribution in [0.15, 0.2) is 22.5 Å². The summed E-state index contributed by atoms with van der Waals surface area (Å²) in [6.07, 6.45) is 0. The maximum absolute atomic E-state index is 5.17. The number of hydrogen-bond donors (Lipinski definition) is 1. The highest BCUT2D eigenvalue weighted by Crippen LogP contribution is 2.22. The van der Waals surface area contributed by atoms with Crippen molar-refractivity contribution >= 4 is 22.3 Å². The average Bonchev–Trinajstić information content (AvgIpc) is 3.31. The van der Waals surface area contributed by atoms with Gasteiger partial charge in [0.15, 0.2) is 5.96 Å². The van der Waals surface area contributed by atoms with Crippen molar-refractivity contribution in [2.24, 2.45) is 4.99 Å². The lowest BCUT2D eigenvalue weighted by Crippen LogP contribution is -2.52. The van der Waals surface area contributed by atoms with Gasteiger partial charge in [-0.3, -0.25) is 9.67 Å². The van der Waals surface area contributed by atoms with Crippen molar-refractivity contribution in [3.8, 4) is 0 Å². The molecule has 8 heteroatoms. The number of aliphatic imine (C=N–C) groups is 1. The van der Waals surface area contributed by atoms with E-state index in [1.54, 1.807) is 18.4 Å². The lowest BCUT2D eigenvalue weighted by Gasteiger charge is -2.37. The Morgan fingerprint density at radius 1 is 1.30 bits per heavy atom. The van der Waals surface area contributed by atoms with Gasteiger partial charge >= 0.3 is 0 Å². The van der Waals surface area contributed by atoms with Crippen LogP contribution in [-0.2, 0) is 17.8 Å². The summed E-state index contributed by atoms with van der Waals surface area (Å²) in [5.41, 5.74) is 3.49. The molecule has 0 spiro atoms. The minimum atomic E-state index is 0.672. The Morgan fingerprint density at radius 3 is 2.70 bits per heavy atom. The van der Waals surface area contributed by atoms with Crippen LogP contribution in [0.25, 0.3) is 0 Å². The van der Waals surface area contributed by atoms with Gasteiger partial charge in [-0.15, -0.1) is 11.3 Å². The fourth-order valence-electron chi connectivity index (χ4n) is 3.47. The van der Waals surface area contributed by atoms with Crippen molar-refractivity contribution in [2.75, 3.05) is 51.8 Å². The first-order chi connectivity index (χ1) is 13.1. The largest absolute Gasteiger partial charge is 0.383 e. The Kier molecular flexibility index (Phi) is 6.73. The van der Waals surface area contributed by atoms with Gasteiger partial charge in [-0.2, -0.15) is 5.10 Å². The SMILES string of the molecule is CN=C(NCc1c(C)nn(CCOC)c1C)N1CCN(c2cccs2)CC1. The number of piperazine rings is 1. The summed E-state index contributed by atoms with van der Waals surface area (Å²) in [5, 5.41) is 11.7. The summed E-state index contributed by atoms with van der Waals surface area (Å²) in [4.78, 5) is 9.28. The minimum absolute atomic E-state index is 0.672. The monoisotopic (exact) mass is 390 g/mol. The molecule has 1 aliphatic rings. The molecule has 3 heterocycles. The lowest BCUT2D eigenvalue weighted by molar-refractivity contribution is 0.182. The van der Waals surface area contributed by atoms with Crippen LogP contribution in [0.5, 0.6) is 0 Å². The van der Waals surface area contributed by atoms with Crippen LogP contribution in [0.4, 0.5) is 5.00 Å². The van der Waals surface area contributed by atoms with Gasteiger partial charge in [-0.1, -0.05) is 0 Å². The fourth-order valence-corrected chi connectivity index (χ4v) is 4.26. The molecule has 2 aromatic heterocycles. The molecular formula is C19H30N6OS. The van der Waals surface area contributed by atoms with Gasteiger partial charge in [0.25, 0.3) is 0 Å². The van der Waals surface area contributed by atoms with Crippen LogP contribution in [0.1, 0.15) is 17.0 Å². The van der Waals surface area contributed by atoms with Gasteiger partial charge < -0.3 is 19.9 Å². The number of thiophene rings is 1. The molecule has 7 nitrogen and oxygen atoms in total. The van der Waals surface area contributed by atoms with E-state index in [0.29, 0.717) is 6.61 Å². The second kappa shape index (κ2) is 9.23. The fraction of sp³-hybridized carbons (Fsp3) is 0.579. The van der Waals surface area contributed by atoms with Crippen LogP contribution in [0.2, 0.25) is 0 Å². The number of nitrogens with one attached hydrogen (secondary N) is 1. The van der Waals surface area contributed by atoms with Gasteiger partial charge in [-0.05, 0) is 31.4 Å². The number of aryl methyl sites for hydroxylation is 1. The standard InChI is InChI=1S/C19H30N6OS/c1-15-17(16(2)25(22-15)11-12-26-4)14-21-19(20-3)24-9-7-23(8-10-24)18-6-5-13-27-18/h5-6,13H,7-12,14H2,1-4H3,(H,20,21). The molecule has 148 valence electrons. The summed E-state index contributed by atoms with van der Waals surface area (Å²) in [7, 11) is 3.58. The molecule has 0 aromatic carbocycles. The van der Waals surface area contributed by atoms with Crippen LogP contribution in [0, 0.1) is 13.8 Å². The number of nitrogens with zero attached hydrogens (tertiary/aromatic N) is 5. The van der Waals surface area contributed by atoms with E-state index in [0.717, 1.165) is 50.9 Å². The highest BCUT2D eigenvalue weighted by molar-refractivity contribution is 7.14. The number of hydrogen-bond acceptors (Lipinski definition) is 5. The minimum Gasteiger partial charge on any atom is -0.383 e. The van der Waals surface area contributed by atoms with E-state index in [1.807, 2.05) is 11.7 Å². The summed E-state index contributed by atoms with van der Waals surface area (Å²) in [6, 6.07) is 4.31. The van der Waals surface area contributed by atoms with E-state index in [-0.39, 0.29) is 0 Å². The molecule has 0 aliphatic carbocycles. The van der Waals surface area contributed by atoms with Crippen LogP contribution in [0.3, 0.4) is 0 Å². The highest BCUT2D eigenvalue weighted by Gasteiger charge is 2.21. The van der Waals surface area contributed by atoms with Gasteiger partial charge in [0.2, 0.25) is 0 Å². The third-order valence-electron chi connectivity index (χ3n) is 5.07. The Balaban J connectivity index is 1.56. The third-order valence-corrected chi connectivity index (χ3v) is 6.00. The van der Waals surface area contributed by atoms with E-state index in [4.69, 9.17) is 4.74 Å². The lowest BCUT2D eigenvalue weighted by atomic mass is 10.2. The quantitative estimate of drug-likeness (QED) is 0.605. The molecule has 0 unspecified atom stereocenters. The van der Waals surface area contributed by atoms with E-state index < -0.39 is 0 Å². The first-order valence-corrected chi connectivity index (χ1v) is 10.3. The summed E-state index contributed by atoms with van der Waals surface area (Å²) >= 11 is 1.81. The van der Waals surface area contributed by atoms with E-state index >= 15 is 0 Å². The molecule has 0 bridgehead atoms. The first kappa shape index (κ1) is 19.7.